The lowest BCUT2D eigenvalue weighted by Crippen LogP contribution is -2.13. The summed E-state index contributed by atoms with van der Waals surface area (Å²) in [5.41, 5.74) is 0.119. The Bertz CT molecular complexity index is 435. The predicted octanol–water partition coefficient (Wildman–Crippen LogP) is 0.908. The summed E-state index contributed by atoms with van der Waals surface area (Å²) in [5, 5.41) is 6.31. The third-order valence-electron chi connectivity index (χ3n) is 1.61. The predicted molar refractivity (Wildman–Crippen MR) is 51.4 cm³/mol. The molecule has 0 atom stereocenters. The molecule has 5 nitrogen and oxygen atoms in total. The Morgan fingerprint density at radius 2 is 1.86 bits per heavy atom. The maximum atomic E-state index is 10.6. The molecule has 0 radical (unpaired) electrons. The van der Waals surface area contributed by atoms with Crippen molar-refractivity contribution in [2.24, 2.45) is 0 Å². The van der Waals surface area contributed by atoms with Crippen LogP contribution in [0.5, 0.6) is 5.75 Å². The molecule has 0 aliphatic heterocycles. The van der Waals surface area contributed by atoms with Gasteiger partial charge in [-0.3, -0.25) is 9.96 Å². The van der Waals surface area contributed by atoms with Crippen LogP contribution in [0.1, 0.15) is 5.56 Å². The number of nitrogens with one attached hydrogen (secondary N) is 1. The Labute approximate surface area is 81.6 Å². The van der Waals surface area contributed by atoms with Crippen molar-refractivity contribution < 1.29 is 17.7 Å². The zero-order chi connectivity index (χ0) is 10.8. The molecule has 1 rings (SSSR count). The van der Waals surface area contributed by atoms with Gasteiger partial charge in [0.25, 0.3) is 0 Å². The van der Waals surface area contributed by atoms with Crippen molar-refractivity contribution in [3.05, 3.63) is 29.8 Å². The summed E-state index contributed by atoms with van der Waals surface area (Å²) < 4.78 is 34.6. The maximum absolute atomic E-state index is 10.6. The third kappa shape index (κ3) is 2.30. The molecule has 2 N–H and O–H groups in total. The van der Waals surface area contributed by atoms with Crippen LogP contribution in [0.2, 0.25) is 0 Å². The van der Waals surface area contributed by atoms with Gasteiger partial charge in [-0.1, -0.05) is 0 Å². The summed E-state index contributed by atoms with van der Waals surface area (Å²) in [5.74, 6) is 0.553. The molecule has 1 aromatic rings. The van der Waals surface area contributed by atoms with Gasteiger partial charge in [-0.2, -0.15) is 8.42 Å². The largest absolute Gasteiger partial charge is 0.497 e. The molecule has 0 spiro atoms. The molecule has 0 bridgehead atoms. The van der Waals surface area contributed by atoms with Crippen molar-refractivity contribution in [3.8, 4) is 5.75 Å². The lowest BCUT2D eigenvalue weighted by Gasteiger charge is -2.02. The highest BCUT2D eigenvalue weighted by Gasteiger charge is 2.15. The van der Waals surface area contributed by atoms with Crippen LogP contribution < -0.4 is 4.74 Å². The van der Waals surface area contributed by atoms with E-state index in [-0.39, 0.29) is 5.56 Å². The number of hydrogen-bond acceptors (Lipinski definition) is 4. The molecule has 0 aliphatic carbocycles. The molecule has 1 aromatic carbocycles. The second-order valence-corrected chi connectivity index (χ2v) is 3.89. The van der Waals surface area contributed by atoms with Crippen LogP contribution in [0.25, 0.3) is 0 Å². The van der Waals surface area contributed by atoms with Crippen molar-refractivity contribution in [1.82, 2.24) is 0 Å². The highest BCUT2D eigenvalue weighted by molar-refractivity contribution is 8.01. The number of ether oxygens (including phenoxy) is 1. The van der Waals surface area contributed by atoms with Crippen LogP contribution in [0, 0.1) is 5.41 Å². The summed E-state index contributed by atoms with van der Waals surface area (Å²) in [6.45, 7) is 0. The molecule has 0 aromatic heterocycles. The van der Waals surface area contributed by atoms with Crippen LogP contribution in [-0.2, 0) is 10.1 Å². The standard InChI is InChI=1S/C8H9NO4S/c1-13-7-4-2-6(3-5-7)8(9)14(10,11)12/h2-5,9H,1H3,(H,10,11,12). The van der Waals surface area contributed by atoms with Gasteiger partial charge in [-0.05, 0) is 24.3 Å². The Balaban J connectivity index is 3.05. The van der Waals surface area contributed by atoms with Crippen LogP contribution in [0.15, 0.2) is 24.3 Å². The van der Waals surface area contributed by atoms with E-state index < -0.39 is 15.2 Å². The molecular weight excluding hydrogens is 206 g/mol. The Hall–Kier alpha value is -1.40. The van der Waals surface area contributed by atoms with Gasteiger partial charge in [0, 0.05) is 5.56 Å². The number of methoxy groups -OCH3 is 1. The summed E-state index contributed by atoms with van der Waals surface area (Å²) in [6.07, 6.45) is 0. The van der Waals surface area contributed by atoms with E-state index in [4.69, 9.17) is 14.7 Å². The second-order valence-electron chi connectivity index (χ2n) is 2.53. The van der Waals surface area contributed by atoms with E-state index in [9.17, 15) is 8.42 Å². The highest BCUT2D eigenvalue weighted by atomic mass is 32.2. The number of hydrogen-bond donors (Lipinski definition) is 2. The number of benzene rings is 1. The summed E-state index contributed by atoms with van der Waals surface area (Å²) in [7, 11) is -2.96. The molecule has 76 valence electrons. The number of rotatable bonds is 2. The first kappa shape index (κ1) is 10.7. The van der Waals surface area contributed by atoms with E-state index in [0.717, 1.165) is 0 Å². The average molecular weight is 215 g/mol. The zero-order valence-corrected chi connectivity index (χ0v) is 8.21. The van der Waals surface area contributed by atoms with Gasteiger partial charge in [-0.15, -0.1) is 0 Å². The molecule has 0 saturated heterocycles. The van der Waals surface area contributed by atoms with E-state index in [1.807, 2.05) is 0 Å². The van der Waals surface area contributed by atoms with Gasteiger partial charge in [0.15, 0.2) is 5.04 Å². The lowest BCUT2D eigenvalue weighted by molar-refractivity contribution is 0.415. The van der Waals surface area contributed by atoms with Crippen LogP contribution in [0.3, 0.4) is 0 Å². The van der Waals surface area contributed by atoms with Crippen molar-refractivity contribution >= 4 is 15.2 Å². The second kappa shape index (κ2) is 3.77. The van der Waals surface area contributed by atoms with Gasteiger partial charge in [0.2, 0.25) is 0 Å². The normalized spacial score (nSPS) is 11.0. The van der Waals surface area contributed by atoms with E-state index in [0.29, 0.717) is 5.75 Å². The van der Waals surface area contributed by atoms with Crippen LogP contribution in [-0.4, -0.2) is 25.1 Å². The van der Waals surface area contributed by atoms with Crippen LogP contribution >= 0.6 is 0 Å². The van der Waals surface area contributed by atoms with Gasteiger partial charge in [-0.25, -0.2) is 0 Å². The first-order valence-electron chi connectivity index (χ1n) is 3.65. The molecule has 0 heterocycles. The van der Waals surface area contributed by atoms with Gasteiger partial charge < -0.3 is 4.74 Å². The first-order chi connectivity index (χ1) is 6.45. The van der Waals surface area contributed by atoms with E-state index in [1.165, 1.54) is 31.4 Å². The van der Waals surface area contributed by atoms with Crippen molar-refractivity contribution in [2.75, 3.05) is 7.11 Å². The monoisotopic (exact) mass is 215 g/mol. The first-order valence-corrected chi connectivity index (χ1v) is 5.09. The minimum absolute atomic E-state index is 0.119. The van der Waals surface area contributed by atoms with E-state index in [1.54, 1.807) is 0 Å². The summed E-state index contributed by atoms with van der Waals surface area (Å²) >= 11 is 0. The molecule has 0 saturated carbocycles. The van der Waals surface area contributed by atoms with E-state index >= 15 is 0 Å². The highest BCUT2D eigenvalue weighted by Crippen LogP contribution is 2.12. The zero-order valence-electron chi connectivity index (χ0n) is 7.39. The fourth-order valence-electron chi connectivity index (χ4n) is 0.891. The Kier molecular flexibility index (Phi) is 2.87. The fourth-order valence-corrected chi connectivity index (χ4v) is 1.33. The fraction of sp³-hybridized carbons (Fsp3) is 0.125. The molecule has 6 heteroatoms. The van der Waals surface area contributed by atoms with Gasteiger partial charge >= 0.3 is 10.1 Å². The van der Waals surface area contributed by atoms with E-state index in [2.05, 4.69) is 0 Å². The minimum Gasteiger partial charge on any atom is -0.497 e. The van der Waals surface area contributed by atoms with Crippen molar-refractivity contribution in [1.29, 1.82) is 5.41 Å². The van der Waals surface area contributed by atoms with Crippen LogP contribution in [0.4, 0.5) is 0 Å². The molecule has 0 amide bonds. The summed E-state index contributed by atoms with van der Waals surface area (Å²) in [6, 6.07) is 5.79. The molecule has 0 fully saturated rings. The molecule has 14 heavy (non-hydrogen) atoms. The molecular formula is C8H9NO4S. The SMILES string of the molecule is COc1ccc(C(=N)S(=O)(=O)O)cc1. The quantitative estimate of drug-likeness (QED) is 0.436. The van der Waals surface area contributed by atoms with Gasteiger partial charge in [0.05, 0.1) is 7.11 Å². The minimum atomic E-state index is -4.43. The third-order valence-corrected chi connectivity index (χ3v) is 2.36. The molecule has 0 aliphatic rings. The smallest absolute Gasteiger partial charge is 0.312 e. The molecule has 0 unspecified atom stereocenters. The van der Waals surface area contributed by atoms with Crippen molar-refractivity contribution in [2.45, 2.75) is 0 Å². The maximum Gasteiger partial charge on any atom is 0.312 e. The van der Waals surface area contributed by atoms with Crippen molar-refractivity contribution in [3.63, 3.8) is 0 Å². The Morgan fingerprint density at radius 3 is 2.21 bits per heavy atom. The van der Waals surface area contributed by atoms with Gasteiger partial charge in [0.1, 0.15) is 5.75 Å². The summed E-state index contributed by atoms with van der Waals surface area (Å²) in [4.78, 5) is 0. The topological polar surface area (TPSA) is 87.5 Å². The average Bonchev–Trinajstić information content (AvgIpc) is 2.15. The lowest BCUT2D eigenvalue weighted by atomic mass is 10.2. The Morgan fingerprint density at radius 1 is 1.36 bits per heavy atom.